The van der Waals surface area contributed by atoms with E-state index in [-0.39, 0.29) is 37.7 Å². The second-order valence-corrected chi connectivity index (χ2v) is 5.42. The van der Waals surface area contributed by atoms with E-state index in [1.807, 2.05) is 0 Å². The van der Waals surface area contributed by atoms with E-state index in [4.69, 9.17) is 9.84 Å². The number of Topliss-reactive ketones (excluding diaryl/α,β-unsaturated/α-hetero) is 1. The Morgan fingerprint density at radius 3 is 2.54 bits per heavy atom. The molecule has 4 N–H and O–H groups in total. The molecule has 0 unspecified atom stereocenters. The van der Waals surface area contributed by atoms with Crippen molar-refractivity contribution in [3.63, 3.8) is 0 Å². The molecule has 1 heterocycles. The van der Waals surface area contributed by atoms with Crippen LogP contribution in [-0.4, -0.2) is 54.3 Å². The van der Waals surface area contributed by atoms with E-state index in [0.717, 1.165) is 0 Å². The number of ether oxygens (including phenoxy) is 1. The van der Waals surface area contributed by atoms with E-state index in [0.29, 0.717) is 17.0 Å². The molecule has 0 aromatic heterocycles. The van der Waals surface area contributed by atoms with Crippen molar-refractivity contribution in [2.75, 3.05) is 25.0 Å². The number of aliphatic carboxylic acids is 1. The average Bonchev–Trinajstić information content (AvgIpc) is 2.61. The second-order valence-electron chi connectivity index (χ2n) is 5.42. The Balaban J connectivity index is 1.78. The number of anilines is 1. The van der Waals surface area contributed by atoms with Crippen LogP contribution in [0.25, 0.3) is 0 Å². The predicted octanol–water partition coefficient (Wildman–Crippen LogP) is -0.703. The van der Waals surface area contributed by atoms with Crippen molar-refractivity contribution in [2.45, 2.75) is 12.8 Å². The lowest BCUT2D eigenvalue weighted by molar-refractivity contribution is -0.137. The molecule has 0 bridgehead atoms. The monoisotopic (exact) mass is 363 g/mol. The van der Waals surface area contributed by atoms with E-state index in [1.165, 1.54) is 12.1 Å². The lowest BCUT2D eigenvalue weighted by Gasteiger charge is -2.18. The highest BCUT2D eigenvalue weighted by molar-refractivity contribution is 6.01. The smallest absolute Gasteiger partial charge is 0.322 e. The number of amides is 3. The lowest BCUT2D eigenvalue weighted by atomic mass is 10.0. The van der Waals surface area contributed by atoms with Gasteiger partial charge in [0, 0.05) is 18.4 Å². The Bertz CT molecular complexity index is 760. The molecular formula is C16H17N3O7. The number of carbonyl (C=O) groups excluding carboxylic acids is 4. The summed E-state index contributed by atoms with van der Waals surface area (Å²) in [5.41, 5.74) is 0.716. The molecule has 0 fully saturated rings. The lowest BCUT2D eigenvalue weighted by Crippen LogP contribution is -2.39. The summed E-state index contributed by atoms with van der Waals surface area (Å²) >= 11 is 0. The van der Waals surface area contributed by atoms with E-state index >= 15 is 0 Å². The number of carboxylic acids is 1. The van der Waals surface area contributed by atoms with Gasteiger partial charge >= 0.3 is 5.97 Å². The molecule has 10 heteroatoms. The molecule has 1 aromatic carbocycles. The molecule has 0 spiro atoms. The van der Waals surface area contributed by atoms with Crippen molar-refractivity contribution in [3.8, 4) is 5.75 Å². The van der Waals surface area contributed by atoms with Crippen molar-refractivity contribution in [3.05, 3.63) is 23.8 Å². The van der Waals surface area contributed by atoms with Gasteiger partial charge in [-0.1, -0.05) is 0 Å². The van der Waals surface area contributed by atoms with Crippen molar-refractivity contribution < 1.29 is 33.8 Å². The van der Waals surface area contributed by atoms with Crippen LogP contribution < -0.4 is 20.7 Å². The van der Waals surface area contributed by atoms with Crippen LogP contribution in [0.1, 0.15) is 23.2 Å². The molecule has 1 aliphatic heterocycles. The van der Waals surface area contributed by atoms with Crippen molar-refractivity contribution >= 4 is 35.2 Å². The van der Waals surface area contributed by atoms with Gasteiger partial charge in [-0.3, -0.25) is 24.0 Å². The maximum Gasteiger partial charge on any atom is 0.322 e. The van der Waals surface area contributed by atoms with Gasteiger partial charge in [-0.2, -0.15) is 0 Å². The zero-order valence-corrected chi connectivity index (χ0v) is 13.7. The van der Waals surface area contributed by atoms with Crippen molar-refractivity contribution in [1.29, 1.82) is 0 Å². The molecule has 1 aliphatic rings. The summed E-state index contributed by atoms with van der Waals surface area (Å²) in [5, 5.41) is 15.4. The molecule has 0 radical (unpaired) electrons. The van der Waals surface area contributed by atoms with Crippen LogP contribution in [0, 0.1) is 0 Å². The SMILES string of the molecule is O=C(O)CNC(=O)CNC(=O)CCC(=O)c1ccc2c(c1)NC(=O)CO2. The highest BCUT2D eigenvalue weighted by Gasteiger charge is 2.18. The Labute approximate surface area is 147 Å². The van der Waals surface area contributed by atoms with Gasteiger partial charge in [0.1, 0.15) is 12.3 Å². The summed E-state index contributed by atoms with van der Waals surface area (Å²) in [6, 6.07) is 4.58. The number of hydrogen-bond acceptors (Lipinski definition) is 6. The Kier molecular flexibility index (Phi) is 6.25. The zero-order chi connectivity index (χ0) is 19.1. The van der Waals surface area contributed by atoms with Crippen LogP contribution in [-0.2, 0) is 19.2 Å². The first kappa shape index (κ1) is 18.9. The topological polar surface area (TPSA) is 151 Å². The minimum atomic E-state index is -1.19. The second kappa shape index (κ2) is 8.60. The maximum absolute atomic E-state index is 12.2. The van der Waals surface area contributed by atoms with E-state index < -0.39 is 24.3 Å². The van der Waals surface area contributed by atoms with Gasteiger partial charge in [0.2, 0.25) is 11.8 Å². The fourth-order valence-electron chi connectivity index (χ4n) is 2.13. The van der Waals surface area contributed by atoms with Gasteiger partial charge in [0.05, 0.1) is 12.2 Å². The van der Waals surface area contributed by atoms with Crippen LogP contribution in [0.2, 0.25) is 0 Å². The summed E-state index contributed by atoms with van der Waals surface area (Å²) in [6.45, 7) is -0.991. The summed E-state index contributed by atoms with van der Waals surface area (Å²) in [5.74, 6) is -2.51. The largest absolute Gasteiger partial charge is 0.482 e. The standard InChI is InChI=1S/C16H17N3O7/c20-11(2-4-13(21)17-6-14(22)18-7-16(24)25)9-1-3-12-10(5-9)19-15(23)8-26-12/h1,3,5H,2,4,6-8H2,(H,17,21)(H,18,22)(H,19,23)(H,24,25). The first-order valence-electron chi connectivity index (χ1n) is 7.70. The number of carboxylic acid groups (broad SMARTS) is 1. The number of benzene rings is 1. The van der Waals surface area contributed by atoms with Gasteiger partial charge in [0.15, 0.2) is 12.4 Å². The van der Waals surface area contributed by atoms with Crippen LogP contribution in [0.15, 0.2) is 18.2 Å². The van der Waals surface area contributed by atoms with Gasteiger partial charge in [0.25, 0.3) is 5.91 Å². The Morgan fingerprint density at radius 2 is 1.81 bits per heavy atom. The van der Waals surface area contributed by atoms with E-state index in [1.54, 1.807) is 6.07 Å². The number of nitrogens with one attached hydrogen (secondary N) is 3. The fourth-order valence-corrected chi connectivity index (χ4v) is 2.13. The fraction of sp³-hybridized carbons (Fsp3) is 0.312. The van der Waals surface area contributed by atoms with Crippen LogP contribution >= 0.6 is 0 Å². The molecule has 2 rings (SSSR count). The third-order valence-corrected chi connectivity index (χ3v) is 3.40. The number of hydrogen-bond donors (Lipinski definition) is 4. The summed E-state index contributed by atoms with van der Waals surface area (Å²) in [4.78, 5) is 56.7. The Hall–Kier alpha value is -3.43. The number of fused-ring (bicyclic) bond motifs is 1. The quantitative estimate of drug-likeness (QED) is 0.446. The van der Waals surface area contributed by atoms with Crippen molar-refractivity contribution in [1.82, 2.24) is 10.6 Å². The molecule has 0 aliphatic carbocycles. The molecule has 3 amide bonds. The number of ketones is 1. The Morgan fingerprint density at radius 1 is 1.08 bits per heavy atom. The molecule has 0 atom stereocenters. The van der Waals surface area contributed by atoms with Crippen LogP contribution in [0.3, 0.4) is 0 Å². The first-order valence-corrected chi connectivity index (χ1v) is 7.70. The van der Waals surface area contributed by atoms with Crippen LogP contribution in [0.5, 0.6) is 5.75 Å². The van der Waals surface area contributed by atoms with Gasteiger partial charge in [-0.25, -0.2) is 0 Å². The minimum Gasteiger partial charge on any atom is -0.482 e. The van der Waals surface area contributed by atoms with Gasteiger partial charge < -0.3 is 25.8 Å². The molecule has 0 saturated carbocycles. The minimum absolute atomic E-state index is 0.0828. The predicted molar refractivity (Wildman–Crippen MR) is 87.8 cm³/mol. The molecule has 138 valence electrons. The summed E-state index contributed by atoms with van der Waals surface area (Å²) in [7, 11) is 0. The summed E-state index contributed by atoms with van der Waals surface area (Å²) < 4.78 is 5.20. The van der Waals surface area contributed by atoms with E-state index in [9.17, 15) is 24.0 Å². The number of rotatable bonds is 8. The van der Waals surface area contributed by atoms with E-state index in [2.05, 4.69) is 16.0 Å². The zero-order valence-electron chi connectivity index (χ0n) is 13.7. The molecular weight excluding hydrogens is 346 g/mol. The van der Waals surface area contributed by atoms with Gasteiger partial charge in [-0.15, -0.1) is 0 Å². The van der Waals surface area contributed by atoms with Crippen LogP contribution in [0.4, 0.5) is 5.69 Å². The molecule has 0 saturated heterocycles. The first-order chi connectivity index (χ1) is 12.3. The highest BCUT2D eigenvalue weighted by Crippen LogP contribution is 2.28. The highest BCUT2D eigenvalue weighted by atomic mass is 16.5. The van der Waals surface area contributed by atoms with Gasteiger partial charge in [-0.05, 0) is 18.2 Å². The molecule has 10 nitrogen and oxygen atoms in total. The maximum atomic E-state index is 12.2. The summed E-state index contributed by atoms with van der Waals surface area (Å²) in [6.07, 6.45) is -0.221. The normalized spacial score (nSPS) is 12.2. The van der Waals surface area contributed by atoms with Crippen molar-refractivity contribution in [2.24, 2.45) is 0 Å². The third-order valence-electron chi connectivity index (χ3n) is 3.40. The average molecular weight is 363 g/mol. The molecule has 26 heavy (non-hydrogen) atoms. The number of carbonyl (C=O) groups is 5. The molecule has 1 aromatic rings. The third kappa shape index (κ3) is 5.58.